The molecule has 2 N–H and O–H groups in total. The zero-order valence-electron chi connectivity index (χ0n) is 13.0. The van der Waals surface area contributed by atoms with E-state index in [1.54, 1.807) is 13.3 Å². The van der Waals surface area contributed by atoms with Crippen LogP contribution < -0.4 is 10.5 Å². The number of rotatable bonds is 6. The van der Waals surface area contributed by atoms with Crippen molar-refractivity contribution >= 4 is 0 Å². The van der Waals surface area contributed by atoms with E-state index < -0.39 is 0 Å². The van der Waals surface area contributed by atoms with E-state index in [0.717, 1.165) is 36.7 Å². The Kier molecular flexibility index (Phi) is 5.89. The zero-order valence-corrected chi connectivity index (χ0v) is 13.0. The van der Waals surface area contributed by atoms with Gasteiger partial charge in [0, 0.05) is 6.54 Å². The van der Waals surface area contributed by atoms with Crippen LogP contribution in [0, 0.1) is 5.92 Å². The lowest BCUT2D eigenvalue weighted by molar-refractivity contribution is 0.361. The van der Waals surface area contributed by atoms with Gasteiger partial charge < -0.3 is 10.5 Å². The van der Waals surface area contributed by atoms with E-state index in [4.69, 9.17) is 10.5 Å². The predicted molar refractivity (Wildman–Crippen MR) is 81.8 cm³/mol. The summed E-state index contributed by atoms with van der Waals surface area (Å²) < 4.78 is 7.47. The largest absolute Gasteiger partial charge is 0.493 e. The highest BCUT2D eigenvalue weighted by molar-refractivity contribution is 5.28. The van der Waals surface area contributed by atoms with E-state index in [0.29, 0.717) is 0 Å². The molecule has 1 aliphatic carbocycles. The zero-order chi connectivity index (χ0) is 14.4. The summed E-state index contributed by atoms with van der Waals surface area (Å²) in [5.41, 5.74) is 7.57. The van der Waals surface area contributed by atoms with Gasteiger partial charge in [0.25, 0.3) is 0 Å². The first kappa shape index (κ1) is 15.4. The quantitative estimate of drug-likeness (QED) is 0.808. The number of hydrogen-bond acceptors (Lipinski definition) is 3. The molecule has 1 atom stereocenters. The monoisotopic (exact) mass is 279 g/mol. The van der Waals surface area contributed by atoms with Gasteiger partial charge in [-0.25, -0.2) is 0 Å². The number of methoxy groups -OCH3 is 1. The van der Waals surface area contributed by atoms with Crippen molar-refractivity contribution in [2.75, 3.05) is 7.11 Å². The molecule has 0 bridgehead atoms. The molecule has 0 amide bonds. The second kappa shape index (κ2) is 7.67. The molecule has 1 aromatic rings. The minimum Gasteiger partial charge on any atom is -0.493 e. The average molecular weight is 279 g/mol. The van der Waals surface area contributed by atoms with E-state index in [1.165, 1.54) is 38.5 Å². The van der Waals surface area contributed by atoms with Crippen molar-refractivity contribution in [3.63, 3.8) is 0 Å². The average Bonchev–Trinajstić information content (AvgIpc) is 2.67. The highest BCUT2D eigenvalue weighted by atomic mass is 16.5. The number of ether oxygens (including phenoxy) is 1. The summed E-state index contributed by atoms with van der Waals surface area (Å²) in [7, 11) is 1.70. The number of nitrogens with two attached hydrogens (primary N) is 1. The van der Waals surface area contributed by atoms with Crippen LogP contribution in [0.25, 0.3) is 0 Å². The fourth-order valence-corrected chi connectivity index (χ4v) is 3.37. The lowest BCUT2D eigenvalue weighted by Crippen LogP contribution is -2.20. The molecule has 1 aromatic heterocycles. The highest BCUT2D eigenvalue weighted by Crippen LogP contribution is 2.33. The second-order valence-corrected chi connectivity index (χ2v) is 6.02. The number of nitrogens with zero attached hydrogens (tertiary/aromatic N) is 2. The summed E-state index contributed by atoms with van der Waals surface area (Å²) in [4.78, 5) is 0. The van der Waals surface area contributed by atoms with Crippen LogP contribution in [0.5, 0.6) is 5.75 Å². The molecule has 0 radical (unpaired) electrons. The molecule has 4 nitrogen and oxygen atoms in total. The Bertz CT molecular complexity index is 394. The molecule has 0 spiro atoms. The Morgan fingerprint density at radius 3 is 2.65 bits per heavy atom. The van der Waals surface area contributed by atoms with Gasteiger partial charge in [-0.05, 0) is 18.8 Å². The molecular weight excluding hydrogens is 250 g/mol. The lowest BCUT2D eigenvalue weighted by atomic mass is 9.91. The van der Waals surface area contributed by atoms with Gasteiger partial charge in [-0.2, -0.15) is 5.10 Å². The third kappa shape index (κ3) is 3.75. The summed E-state index contributed by atoms with van der Waals surface area (Å²) in [5, 5.41) is 4.42. The Morgan fingerprint density at radius 1 is 1.35 bits per heavy atom. The predicted octanol–water partition coefficient (Wildman–Crippen LogP) is 3.66. The summed E-state index contributed by atoms with van der Waals surface area (Å²) in [6, 6.07) is 0.0436. The smallest absolute Gasteiger partial charge is 0.161 e. The van der Waals surface area contributed by atoms with Crippen LogP contribution in [-0.2, 0) is 6.54 Å². The van der Waals surface area contributed by atoms with Crippen molar-refractivity contribution < 1.29 is 4.74 Å². The number of aromatic nitrogens is 2. The molecule has 1 fully saturated rings. The standard InChI is InChI=1S/C16H29N3O/c1-3-10-19-16(15(20-2)12-18-19)14(17)11-13-8-6-4-5-7-9-13/h12-14H,3-11,17H2,1-2H3. The van der Waals surface area contributed by atoms with Gasteiger partial charge in [-0.1, -0.05) is 45.4 Å². The Morgan fingerprint density at radius 2 is 2.05 bits per heavy atom. The van der Waals surface area contributed by atoms with Gasteiger partial charge in [0.1, 0.15) is 0 Å². The molecule has 4 heteroatoms. The van der Waals surface area contributed by atoms with Gasteiger partial charge >= 0.3 is 0 Å². The van der Waals surface area contributed by atoms with E-state index in [2.05, 4.69) is 12.0 Å². The fraction of sp³-hybridized carbons (Fsp3) is 0.812. The van der Waals surface area contributed by atoms with E-state index in [9.17, 15) is 0 Å². The summed E-state index contributed by atoms with van der Waals surface area (Å²) >= 11 is 0. The second-order valence-electron chi connectivity index (χ2n) is 6.02. The molecular formula is C16H29N3O. The van der Waals surface area contributed by atoms with Crippen LogP contribution in [0.2, 0.25) is 0 Å². The van der Waals surface area contributed by atoms with Crippen molar-refractivity contribution in [2.24, 2.45) is 11.7 Å². The molecule has 0 aromatic carbocycles. The Balaban J connectivity index is 2.06. The van der Waals surface area contributed by atoms with Crippen molar-refractivity contribution in [3.8, 4) is 5.75 Å². The minimum atomic E-state index is 0.0436. The van der Waals surface area contributed by atoms with Gasteiger partial charge in [0.2, 0.25) is 0 Å². The molecule has 20 heavy (non-hydrogen) atoms. The normalized spacial score (nSPS) is 18.8. The maximum absolute atomic E-state index is 6.49. The first-order valence-electron chi connectivity index (χ1n) is 8.11. The van der Waals surface area contributed by atoms with Crippen LogP contribution in [-0.4, -0.2) is 16.9 Å². The van der Waals surface area contributed by atoms with E-state index >= 15 is 0 Å². The van der Waals surface area contributed by atoms with Crippen LogP contribution in [0.4, 0.5) is 0 Å². The van der Waals surface area contributed by atoms with Crippen LogP contribution in [0.3, 0.4) is 0 Å². The number of hydrogen-bond donors (Lipinski definition) is 1. The van der Waals surface area contributed by atoms with Crippen LogP contribution in [0.1, 0.15) is 70.0 Å². The van der Waals surface area contributed by atoms with Gasteiger partial charge in [-0.15, -0.1) is 0 Å². The summed E-state index contributed by atoms with van der Waals surface area (Å²) in [6.07, 6.45) is 12.1. The summed E-state index contributed by atoms with van der Waals surface area (Å²) in [6.45, 7) is 3.08. The third-order valence-electron chi connectivity index (χ3n) is 4.41. The summed E-state index contributed by atoms with van der Waals surface area (Å²) in [5.74, 6) is 1.61. The first-order chi connectivity index (χ1) is 9.76. The number of aryl methyl sites for hydroxylation is 1. The maximum Gasteiger partial charge on any atom is 0.161 e. The molecule has 0 aliphatic heterocycles. The van der Waals surface area contributed by atoms with E-state index in [1.807, 2.05) is 4.68 Å². The van der Waals surface area contributed by atoms with Gasteiger partial charge in [0.15, 0.2) is 5.75 Å². The first-order valence-corrected chi connectivity index (χ1v) is 8.11. The Labute approximate surface area is 122 Å². The highest BCUT2D eigenvalue weighted by Gasteiger charge is 2.22. The fourth-order valence-electron chi connectivity index (χ4n) is 3.37. The molecule has 1 unspecified atom stereocenters. The van der Waals surface area contributed by atoms with Gasteiger partial charge in [-0.3, -0.25) is 4.68 Å². The minimum absolute atomic E-state index is 0.0436. The molecule has 1 saturated carbocycles. The van der Waals surface area contributed by atoms with Crippen molar-refractivity contribution in [2.45, 2.75) is 70.9 Å². The van der Waals surface area contributed by atoms with Crippen LogP contribution >= 0.6 is 0 Å². The van der Waals surface area contributed by atoms with Crippen molar-refractivity contribution in [3.05, 3.63) is 11.9 Å². The lowest BCUT2D eigenvalue weighted by Gasteiger charge is -2.21. The third-order valence-corrected chi connectivity index (χ3v) is 4.41. The Hall–Kier alpha value is -1.03. The maximum atomic E-state index is 6.49. The SMILES string of the molecule is CCCn1ncc(OC)c1C(N)CC1CCCCCC1. The molecule has 1 aliphatic rings. The molecule has 114 valence electrons. The molecule has 1 heterocycles. The van der Waals surface area contributed by atoms with Crippen LogP contribution in [0.15, 0.2) is 6.20 Å². The van der Waals surface area contributed by atoms with Crippen molar-refractivity contribution in [1.29, 1.82) is 0 Å². The van der Waals surface area contributed by atoms with E-state index in [-0.39, 0.29) is 6.04 Å². The topological polar surface area (TPSA) is 53.1 Å². The van der Waals surface area contributed by atoms with Crippen molar-refractivity contribution in [1.82, 2.24) is 9.78 Å². The molecule has 2 rings (SSSR count). The van der Waals surface area contributed by atoms with Gasteiger partial charge in [0.05, 0.1) is 25.0 Å². The molecule has 0 saturated heterocycles.